The van der Waals surface area contributed by atoms with Crippen LogP contribution in [0.2, 0.25) is 0 Å². The molecule has 0 unspecified atom stereocenters. The number of rotatable bonds is 7. The summed E-state index contributed by atoms with van der Waals surface area (Å²) in [6.45, 7) is 1.57. The van der Waals surface area contributed by atoms with Gasteiger partial charge in [0.05, 0.1) is 27.8 Å². The summed E-state index contributed by atoms with van der Waals surface area (Å²) in [4.78, 5) is 32.9. The fourth-order valence-electron chi connectivity index (χ4n) is 3.18. The highest BCUT2D eigenvalue weighted by Gasteiger charge is 2.22. The Hall–Kier alpha value is -3.05. The SMILES string of the molecule is CN(C)CCCN(C)C(=O)c1[nH]c2ncnc(Nc3cc4cn[nH]c4cn3)c2c1Br. The van der Waals surface area contributed by atoms with Gasteiger partial charge in [0.2, 0.25) is 0 Å². The van der Waals surface area contributed by atoms with Crippen LogP contribution in [0.15, 0.2) is 29.3 Å². The number of carbonyl (C=O) groups is 1. The van der Waals surface area contributed by atoms with Crippen LogP contribution in [0.1, 0.15) is 16.9 Å². The summed E-state index contributed by atoms with van der Waals surface area (Å²) < 4.78 is 0.620. The highest BCUT2D eigenvalue weighted by molar-refractivity contribution is 9.10. The molecule has 0 spiro atoms. The number of anilines is 2. The Balaban J connectivity index is 1.61. The Bertz CT molecular complexity index is 1200. The van der Waals surface area contributed by atoms with Crippen molar-refractivity contribution in [2.45, 2.75) is 6.42 Å². The van der Waals surface area contributed by atoms with E-state index in [9.17, 15) is 4.79 Å². The molecule has 0 atom stereocenters. The monoisotopic (exact) mass is 471 g/mol. The van der Waals surface area contributed by atoms with E-state index in [0.29, 0.717) is 39.4 Å². The number of hydrogen-bond donors (Lipinski definition) is 3. The van der Waals surface area contributed by atoms with Gasteiger partial charge in [-0.3, -0.25) is 9.89 Å². The van der Waals surface area contributed by atoms with Crippen LogP contribution in [0.4, 0.5) is 11.6 Å². The second-order valence-corrected chi connectivity index (χ2v) is 8.09. The summed E-state index contributed by atoms with van der Waals surface area (Å²) in [5, 5.41) is 11.7. The number of aromatic nitrogens is 6. The second-order valence-electron chi connectivity index (χ2n) is 7.30. The van der Waals surface area contributed by atoms with Gasteiger partial charge in [0, 0.05) is 19.0 Å². The molecule has 11 heteroatoms. The summed E-state index contributed by atoms with van der Waals surface area (Å²) in [6.07, 6.45) is 5.76. The molecule has 30 heavy (non-hydrogen) atoms. The average Bonchev–Trinajstić information content (AvgIpc) is 3.31. The summed E-state index contributed by atoms with van der Waals surface area (Å²) in [5.41, 5.74) is 1.86. The van der Waals surface area contributed by atoms with Gasteiger partial charge in [0.1, 0.15) is 29.3 Å². The molecule has 4 rings (SSSR count). The van der Waals surface area contributed by atoms with E-state index < -0.39 is 0 Å². The maximum Gasteiger partial charge on any atom is 0.271 e. The molecule has 0 fully saturated rings. The zero-order valence-corrected chi connectivity index (χ0v) is 18.5. The van der Waals surface area contributed by atoms with Crippen LogP contribution in [0, 0.1) is 0 Å². The first-order chi connectivity index (χ1) is 14.4. The summed E-state index contributed by atoms with van der Waals surface area (Å²) in [7, 11) is 5.83. The van der Waals surface area contributed by atoms with Crippen molar-refractivity contribution < 1.29 is 4.79 Å². The lowest BCUT2D eigenvalue weighted by molar-refractivity contribution is 0.0785. The fourth-order valence-corrected chi connectivity index (χ4v) is 3.82. The van der Waals surface area contributed by atoms with Crippen molar-refractivity contribution >= 4 is 55.4 Å². The molecule has 0 saturated heterocycles. The Morgan fingerprint density at radius 2 is 2.00 bits per heavy atom. The van der Waals surface area contributed by atoms with Crippen molar-refractivity contribution in [1.29, 1.82) is 0 Å². The van der Waals surface area contributed by atoms with Crippen molar-refractivity contribution in [3.05, 3.63) is 35.0 Å². The van der Waals surface area contributed by atoms with Crippen molar-refractivity contribution in [2.75, 3.05) is 39.5 Å². The maximum absolute atomic E-state index is 13.0. The summed E-state index contributed by atoms with van der Waals surface area (Å²) in [5.74, 6) is 1.06. The average molecular weight is 472 g/mol. The Morgan fingerprint density at radius 3 is 2.80 bits per heavy atom. The molecule has 4 heterocycles. The zero-order valence-electron chi connectivity index (χ0n) is 16.9. The van der Waals surface area contributed by atoms with Crippen molar-refractivity contribution in [2.24, 2.45) is 0 Å². The number of nitrogens with zero attached hydrogens (tertiary/aromatic N) is 6. The third-order valence-corrected chi connectivity index (χ3v) is 5.55. The van der Waals surface area contributed by atoms with Gasteiger partial charge in [0.15, 0.2) is 0 Å². The number of halogens is 1. The highest BCUT2D eigenvalue weighted by atomic mass is 79.9. The van der Waals surface area contributed by atoms with Gasteiger partial charge in [-0.15, -0.1) is 0 Å². The van der Waals surface area contributed by atoms with Gasteiger partial charge in [-0.05, 0) is 49.1 Å². The molecule has 3 N–H and O–H groups in total. The van der Waals surface area contributed by atoms with E-state index in [2.05, 4.69) is 56.3 Å². The van der Waals surface area contributed by atoms with Crippen LogP contribution in [0.3, 0.4) is 0 Å². The minimum atomic E-state index is -0.109. The molecule has 0 bridgehead atoms. The third kappa shape index (κ3) is 3.98. The number of H-pyrrole nitrogens is 2. The molecule has 1 amide bonds. The number of carbonyl (C=O) groups excluding carboxylic acids is 1. The zero-order chi connectivity index (χ0) is 21.3. The van der Waals surface area contributed by atoms with E-state index in [1.54, 1.807) is 24.3 Å². The fraction of sp³-hybridized carbons (Fsp3) is 0.316. The van der Waals surface area contributed by atoms with Crippen molar-refractivity contribution in [3.63, 3.8) is 0 Å². The van der Waals surface area contributed by atoms with Gasteiger partial charge < -0.3 is 20.1 Å². The van der Waals surface area contributed by atoms with Gasteiger partial charge >= 0.3 is 0 Å². The van der Waals surface area contributed by atoms with Gasteiger partial charge in [-0.1, -0.05) is 0 Å². The molecule has 0 aromatic carbocycles. The van der Waals surface area contributed by atoms with Gasteiger partial charge in [0.25, 0.3) is 5.91 Å². The molecule has 10 nitrogen and oxygen atoms in total. The molecular formula is C19H22BrN9O. The molecule has 0 aliphatic carbocycles. The first-order valence-corrected chi connectivity index (χ1v) is 10.2. The van der Waals surface area contributed by atoms with Gasteiger partial charge in [-0.25, -0.2) is 15.0 Å². The third-order valence-electron chi connectivity index (χ3n) is 4.76. The smallest absolute Gasteiger partial charge is 0.271 e. The first-order valence-electron chi connectivity index (χ1n) is 9.42. The van der Waals surface area contributed by atoms with Crippen LogP contribution in [0.25, 0.3) is 21.9 Å². The van der Waals surface area contributed by atoms with E-state index >= 15 is 0 Å². The highest BCUT2D eigenvalue weighted by Crippen LogP contribution is 2.33. The summed E-state index contributed by atoms with van der Waals surface area (Å²) >= 11 is 3.57. The lowest BCUT2D eigenvalue weighted by atomic mass is 10.3. The van der Waals surface area contributed by atoms with Crippen LogP contribution in [0.5, 0.6) is 0 Å². The summed E-state index contributed by atoms with van der Waals surface area (Å²) in [6, 6.07) is 1.87. The predicted molar refractivity (Wildman–Crippen MR) is 119 cm³/mol. The lowest BCUT2D eigenvalue weighted by Gasteiger charge is -2.18. The number of hydrogen-bond acceptors (Lipinski definition) is 7. The molecule has 0 aliphatic heterocycles. The molecule has 4 aromatic rings. The minimum Gasteiger partial charge on any atom is -0.340 e. The van der Waals surface area contributed by atoms with E-state index in [1.165, 1.54) is 6.33 Å². The number of fused-ring (bicyclic) bond motifs is 2. The topological polar surface area (TPSA) is 119 Å². The van der Waals surface area contributed by atoms with E-state index in [4.69, 9.17) is 0 Å². The molecule has 4 aromatic heterocycles. The van der Waals surface area contributed by atoms with Crippen LogP contribution in [-0.4, -0.2) is 80.1 Å². The quantitative estimate of drug-likeness (QED) is 0.379. The number of amides is 1. The molecule has 156 valence electrons. The van der Waals surface area contributed by atoms with Crippen LogP contribution >= 0.6 is 15.9 Å². The van der Waals surface area contributed by atoms with E-state index in [1.807, 2.05) is 20.2 Å². The van der Waals surface area contributed by atoms with E-state index in [0.717, 1.165) is 23.9 Å². The van der Waals surface area contributed by atoms with Gasteiger partial charge in [-0.2, -0.15) is 5.10 Å². The standard InChI is InChI=1S/C19H22BrN9O/c1-28(2)5-4-6-29(3)19(30)16-15(20)14-17(22-10-23-18(14)26-16)25-13-7-11-8-24-27-12(11)9-21-13/h7-10H,4-6H2,1-3H3,(H,24,27)(H2,21,22,23,25,26). The molecule has 0 aliphatic rings. The predicted octanol–water partition coefficient (Wildman–Crippen LogP) is 2.76. The first kappa shape index (κ1) is 20.2. The van der Waals surface area contributed by atoms with Crippen LogP contribution in [-0.2, 0) is 0 Å². The largest absolute Gasteiger partial charge is 0.340 e. The number of pyridine rings is 1. The lowest BCUT2D eigenvalue weighted by Crippen LogP contribution is -2.30. The van der Waals surface area contributed by atoms with Crippen molar-refractivity contribution in [3.8, 4) is 0 Å². The minimum absolute atomic E-state index is 0.109. The molecule has 0 radical (unpaired) electrons. The molecular weight excluding hydrogens is 450 g/mol. The van der Waals surface area contributed by atoms with E-state index in [-0.39, 0.29) is 5.91 Å². The normalized spacial score (nSPS) is 11.5. The van der Waals surface area contributed by atoms with Crippen molar-refractivity contribution in [1.82, 2.24) is 39.9 Å². The second kappa shape index (κ2) is 8.36. The number of aromatic amines is 2. The Morgan fingerprint density at radius 1 is 1.17 bits per heavy atom. The Labute approximate surface area is 181 Å². The van der Waals surface area contributed by atoms with Crippen LogP contribution < -0.4 is 5.32 Å². The maximum atomic E-state index is 13.0. The Kier molecular flexibility index (Phi) is 5.64. The molecule has 0 saturated carbocycles. The number of nitrogens with one attached hydrogen (secondary N) is 3.